The number of hydrogen-bond acceptors (Lipinski definition) is 2. The van der Waals surface area contributed by atoms with E-state index in [1.54, 1.807) is 0 Å². The maximum Gasteiger partial charge on any atom is 0.326 e. The molecule has 0 unspecified atom stereocenters. The minimum Gasteiger partial charge on any atom is -0.480 e. The minimum atomic E-state index is -1.21. The molecule has 1 amide bonds. The molecule has 18 heavy (non-hydrogen) atoms. The average Bonchev–Trinajstić information content (AvgIpc) is 2.27. The Bertz CT molecular complexity index is 490. The second kappa shape index (κ2) is 6.30. The number of rotatable bonds is 5. The largest absolute Gasteiger partial charge is 0.480 e. The first kappa shape index (κ1) is 14.4. The molecule has 1 aromatic rings. The zero-order valence-corrected chi connectivity index (χ0v) is 10.9. The number of carboxylic acid groups (broad SMARTS) is 1. The Kier molecular flexibility index (Phi) is 5.03. The van der Waals surface area contributed by atoms with Gasteiger partial charge in [0.05, 0.1) is 5.56 Å². The summed E-state index contributed by atoms with van der Waals surface area (Å²) in [6.07, 6.45) is 0.0233. The summed E-state index contributed by atoms with van der Waals surface area (Å²) in [7, 11) is 0. The number of benzene rings is 1. The maximum absolute atomic E-state index is 13.3. The summed E-state index contributed by atoms with van der Waals surface area (Å²) in [5.74, 6) is -2.67. The van der Waals surface area contributed by atoms with Crippen LogP contribution in [0.1, 0.15) is 16.8 Å². The fraction of sp³-hybridized carbons (Fsp3) is 0.167. The first-order chi connectivity index (χ1) is 8.41. The van der Waals surface area contributed by atoms with Crippen molar-refractivity contribution in [3.05, 3.63) is 46.7 Å². The molecule has 0 aliphatic rings. The van der Waals surface area contributed by atoms with Crippen LogP contribution in [-0.2, 0) is 4.79 Å². The molecule has 1 rings (SSSR count). The van der Waals surface area contributed by atoms with Crippen LogP contribution in [0.3, 0.4) is 0 Å². The van der Waals surface area contributed by atoms with E-state index in [0.717, 1.165) is 6.07 Å². The van der Waals surface area contributed by atoms with Gasteiger partial charge < -0.3 is 10.4 Å². The number of hydrogen-bond donors (Lipinski definition) is 2. The fourth-order valence-electron chi connectivity index (χ4n) is 1.30. The molecule has 0 aliphatic heterocycles. The second-order valence-corrected chi connectivity index (χ2v) is 4.69. The Morgan fingerprint density at radius 3 is 2.56 bits per heavy atom. The first-order valence-corrected chi connectivity index (χ1v) is 5.82. The van der Waals surface area contributed by atoms with Gasteiger partial charge in [0.1, 0.15) is 11.9 Å². The predicted octanol–water partition coefficient (Wildman–Crippen LogP) is 2.31. The van der Waals surface area contributed by atoms with Gasteiger partial charge in [-0.2, -0.15) is 0 Å². The SMILES string of the molecule is C=C(Br)C[C@H](NC(=O)c1ccccc1F)C(=O)O. The van der Waals surface area contributed by atoms with E-state index in [1.807, 2.05) is 0 Å². The molecule has 0 aromatic heterocycles. The Morgan fingerprint density at radius 1 is 1.44 bits per heavy atom. The minimum absolute atomic E-state index is 0.0233. The van der Waals surface area contributed by atoms with Gasteiger partial charge in [-0.3, -0.25) is 4.79 Å². The van der Waals surface area contributed by atoms with Crippen molar-refractivity contribution in [2.75, 3.05) is 0 Å². The summed E-state index contributed by atoms with van der Waals surface area (Å²) in [5.41, 5.74) is -0.191. The molecule has 0 saturated heterocycles. The number of carboxylic acids is 1. The van der Waals surface area contributed by atoms with E-state index in [1.165, 1.54) is 18.2 Å². The number of carbonyl (C=O) groups excluding carboxylic acids is 1. The van der Waals surface area contributed by atoms with Crippen molar-refractivity contribution in [2.24, 2.45) is 0 Å². The van der Waals surface area contributed by atoms with E-state index in [9.17, 15) is 14.0 Å². The lowest BCUT2D eigenvalue weighted by molar-refractivity contribution is -0.139. The van der Waals surface area contributed by atoms with Crippen LogP contribution in [0.4, 0.5) is 4.39 Å². The van der Waals surface area contributed by atoms with Crippen molar-refractivity contribution < 1.29 is 19.1 Å². The van der Waals surface area contributed by atoms with Crippen LogP contribution in [0, 0.1) is 5.82 Å². The number of amides is 1. The third kappa shape index (κ3) is 3.96. The summed E-state index contributed by atoms with van der Waals surface area (Å²) in [6, 6.07) is 4.21. The first-order valence-electron chi connectivity index (χ1n) is 5.03. The van der Waals surface area contributed by atoms with E-state index in [2.05, 4.69) is 27.8 Å². The lowest BCUT2D eigenvalue weighted by Crippen LogP contribution is -2.41. The summed E-state index contributed by atoms with van der Waals surface area (Å²) < 4.78 is 13.8. The Hall–Kier alpha value is -1.69. The molecule has 0 fully saturated rings. The van der Waals surface area contributed by atoms with Gasteiger partial charge in [0.2, 0.25) is 0 Å². The molecule has 0 bridgehead atoms. The van der Waals surface area contributed by atoms with Crippen LogP contribution in [0.5, 0.6) is 0 Å². The Labute approximate surface area is 112 Å². The molecule has 0 spiro atoms. The molecular formula is C12H11BrFNO3. The van der Waals surface area contributed by atoms with Crippen LogP contribution < -0.4 is 5.32 Å². The van der Waals surface area contributed by atoms with Gasteiger partial charge in [-0.15, -0.1) is 0 Å². The van der Waals surface area contributed by atoms with Crippen molar-refractivity contribution in [1.29, 1.82) is 0 Å². The van der Waals surface area contributed by atoms with Gasteiger partial charge in [-0.05, 0) is 16.6 Å². The monoisotopic (exact) mass is 315 g/mol. The highest BCUT2D eigenvalue weighted by atomic mass is 79.9. The molecule has 0 heterocycles. The lowest BCUT2D eigenvalue weighted by Gasteiger charge is -2.14. The summed E-state index contributed by atoms with van der Waals surface area (Å²) in [5, 5.41) is 11.2. The predicted molar refractivity (Wildman–Crippen MR) is 68.0 cm³/mol. The van der Waals surface area contributed by atoms with E-state index in [4.69, 9.17) is 5.11 Å². The van der Waals surface area contributed by atoms with Crippen molar-refractivity contribution in [3.8, 4) is 0 Å². The summed E-state index contributed by atoms with van der Waals surface area (Å²) in [6.45, 7) is 3.50. The topological polar surface area (TPSA) is 66.4 Å². The van der Waals surface area contributed by atoms with Gasteiger partial charge >= 0.3 is 5.97 Å². The van der Waals surface area contributed by atoms with E-state index < -0.39 is 23.7 Å². The van der Waals surface area contributed by atoms with Gasteiger partial charge in [-0.1, -0.05) is 34.6 Å². The second-order valence-electron chi connectivity index (χ2n) is 3.57. The van der Waals surface area contributed by atoms with Crippen LogP contribution in [0.2, 0.25) is 0 Å². The van der Waals surface area contributed by atoms with E-state index in [0.29, 0.717) is 4.48 Å². The summed E-state index contributed by atoms with van der Waals surface area (Å²) in [4.78, 5) is 22.6. The number of carbonyl (C=O) groups is 2. The number of nitrogens with one attached hydrogen (secondary N) is 1. The van der Waals surface area contributed by atoms with E-state index >= 15 is 0 Å². The standard InChI is InChI=1S/C12H11BrFNO3/c1-7(13)6-10(12(17)18)15-11(16)8-4-2-3-5-9(8)14/h2-5,10H,1,6H2,(H,15,16)(H,17,18)/t10-/m0/s1. The molecule has 6 heteroatoms. The number of aliphatic carboxylic acids is 1. The highest BCUT2D eigenvalue weighted by Gasteiger charge is 2.22. The Balaban J connectivity index is 2.82. The van der Waals surface area contributed by atoms with Crippen molar-refractivity contribution in [3.63, 3.8) is 0 Å². The van der Waals surface area contributed by atoms with Crippen molar-refractivity contribution in [1.82, 2.24) is 5.32 Å². The van der Waals surface area contributed by atoms with Crippen molar-refractivity contribution >= 4 is 27.8 Å². The fourth-order valence-corrected chi connectivity index (χ4v) is 1.63. The highest BCUT2D eigenvalue weighted by molar-refractivity contribution is 9.11. The van der Waals surface area contributed by atoms with Gasteiger partial charge in [-0.25, -0.2) is 9.18 Å². The summed E-state index contributed by atoms with van der Waals surface area (Å²) >= 11 is 3.02. The zero-order valence-electron chi connectivity index (χ0n) is 9.32. The smallest absolute Gasteiger partial charge is 0.326 e. The molecule has 0 saturated carbocycles. The highest BCUT2D eigenvalue weighted by Crippen LogP contribution is 2.12. The molecule has 4 nitrogen and oxygen atoms in total. The van der Waals surface area contributed by atoms with Crippen LogP contribution >= 0.6 is 15.9 Å². The molecular weight excluding hydrogens is 305 g/mol. The molecule has 1 atom stereocenters. The third-order valence-electron chi connectivity index (χ3n) is 2.15. The van der Waals surface area contributed by atoms with E-state index in [-0.39, 0.29) is 12.0 Å². The molecule has 0 radical (unpaired) electrons. The molecule has 96 valence electrons. The van der Waals surface area contributed by atoms with Gasteiger partial charge in [0, 0.05) is 6.42 Å². The maximum atomic E-state index is 13.3. The molecule has 1 aromatic carbocycles. The third-order valence-corrected chi connectivity index (χ3v) is 2.47. The van der Waals surface area contributed by atoms with Crippen molar-refractivity contribution in [2.45, 2.75) is 12.5 Å². The lowest BCUT2D eigenvalue weighted by atomic mass is 10.1. The van der Waals surface area contributed by atoms with Gasteiger partial charge in [0.15, 0.2) is 0 Å². The van der Waals surface area contributed by atoms with Crippen LogP contribution in [0.15, 0.2) is 35.3 Å². The average molecular weight is 316 g/mol. The van der Waals surface area contributed by atoms with Gasteiger partial charge in [0.25, 0.3) is 5.91 Å². The number of halogens is 2. The Morgan fingerprint density at radius 2 is 2.06 bits per heavy atom. The zero-order chi connectivity index (χ0) is 13.7. The normalized spacial score (nSPS) is 11.7. The molecule has 2 N–H and O–H groups in total. The molecule has 0 aliphatic carbocycles. The van der Waals surface area contributed by atoms with Crippen LogP contribution in [0.25, 0.3) is 0 Å². The van der Waals surface area contributed by atoms with Crippen LogP contribution in [-0.4, -0.2) is 23.0 Å². The quantitative estimate of drug-likeness (QED) is 0.876.